The van der Waals surface area contributed by atoms with E-state index in [1.54, 1.807) is 0 Å². The van der Waals surface area contributed by atoms with Crippen molar-refractivity contribution in [1.82, 2.24) is 4.98 Å². The molecule has 3 aromatic rings. The van der Waals surface area contributed by atoms with Gasteiger partial charge < -0.3 is 14.6 Å². The summed E-state index contributed by atoms with van der Waals surface area (Å²) in [7, 11) is 0. The summed E-state index contributed by atoms with van der Waals surface area (Å²) in [6.07, 6.45) is -10.3. The van der Waals surface area contributed by atoms with Crippen molar-refractivity contribution in [1.29, 1.82) is 0 Å². The first-order chi connectivity index (χ1) is 14.9. The molecule has 0 fully saturated rings. The van der Waals surface area contributed by atoms with Crippen molar-refractivity contribution in [2.45, 2.75) is 19.1 Å². The van der Waals surface area contributed by atoms with E-state index >= 15 is 0 Å². The molecule has 0 radical (unpaired) electrons. The van der Waals surface area contributed by atoms with Crippen molar-refractivity contribution in [3.63, 3.8) is 0 Å². The molecule has 0 amide bonds. The molecule has 168 valence electrons. The van der Waals surface area contributed by atoms with Crippen LogP contribution in [0, 0.1) is 0 Å². The van der Waals surface area contributed by atoms with Gasteiger partial charge in [-0.1, -0.05) is 24.3 Å². The lowest BCUT2D eigenvalue weighted by molar-refractivity contribution is -0.275. The molecule has 0 saturated carbocycles. The number of carboxylic acid groups (broad SMARTS) is 1. The maximum atomic E-state index is 12.5. The normalized spacial score (nSPS) is 11.8. The summed E-state index contributed by atoms with van der Waals surface area (Å²) < 4.78 is 83.0. The predicted molar refractivity (Wildman–Crippen MR) is 99.8 cm³/mol. The van der Waals surface area contributed by atoms with Crippen molar-refractivity contribution in [2.24, 2.45) is 0 Å². The Hall–Kier alpha value is -3.76. The number of nitrogens with zero attached hydrogens (tertiary/aromatic N) is 1. The summed E-state index contributed by atoms with van der Waals surface area (Å²) in [4.78, 5) is 15.5. The van der Waals surface area contributed by atoms with Crippen LogP contribution in [0.5, 0.6) is 11.5 Å². The molecule has 0 saturated heterocycles. The summed E-state index contributed by atoms with van der Waals surface area (Å²) in [5.74, 6) is -2.21. The Morgan fingerprint density at radius 2 is 1.22 bits per heavy atom. The van der Waals surface area contributed by atoms with E-state index in [0.29, 0.717) is 0 Å². The van der Waals surface area contributed by atoms with Crippen LogP contribution in [0.2, 0.25) is 0 Å². The lowest BCUT2D eigenvalue weighted by Gasteiger charge is -2.13. The summed E-state index contributed by atoms with van der Waals surface area (Å²) in [5, 5.41) is 9.12. The average Bonchev–Trinajstić information content (AvgIpc) is 2.65. The summed E-state index contributed by atoms with van der Waals surface area (Å²) in [6, 6.07) is 12.5. The highest BCUT2D eigenvalue weighted by atomic mass is 19.4. The first-order valence-electron chi connectivity index (χ1n) is 8.83. The molecule has 3 rings (SSSR count). The van der Waals surface area contributed by atoms with E-state index in [1.807, 2.05) is 0 Å². The van der Waals surface area contributed by atoms with Crippen molar-refractivity contribution < 1.29 is 45.7 Å². The van der Waals surface area contributed by atoms with E-state index in [1.165, 1.54) is 36.4 Å². The number of halogens is 6. The molecule has 0 aliphatic heterocycles. The molecule has 1 aromatic heterocycles. The second-order valence-corrected chi connectivity index (χ2v) is 6.47. The second kappa shape index (κ2) is 8.77. The van der Waals surface area contributed by atoms with Gasteiger partial charge in [-0.3, -0.25) is 4.79 Å². The number of carbonyl (C=O) groups is 1. The zero-order valence-corrected chi connectivity index (χ0v) is 15.9. The Balaban J connectivity index is 2.06. The zero-order chi connectivity index (χ0) is 23.5. The molecule has 1 N–H and O–H groups in total. The number of aromatic nitrogens is 1. The third-order valence-electron chi connectivity index (χ3n) is 3.97. The molecule has 0 unspecified atom stereocenters. The average molecular weight is 457 g/mol. The molecule has 11 heteroatoms. The Morgan fingerprint density at radius 1 is 0.781 bits per heavy atom. The highest BCUT2D eigenvalue weighted by Gasteiger charge is 2.32. The Kier molecular flexibility index (Phi) is 6.28. The fourth-order valence-corrected chi connectivity index (χ4v) is 2.86. The van der Waals surface area contributed by atoms with Gasteiger partial charge >= 0.3 is 18.7 Å². The van der Waals surface area contributed by atoms with Crippen LogP contribution < -0.4 is 9.47 Å². The van der Waals surface area contributed by atoms with E-state index in [2.05, 4.69) is 14.5 Å². The number of rotatable bonds is 6. The molecule has 0 spiro atoms. The van der Waals surface area contributed by atoms with Crippen molar-refractivity contribution in [3.8, 4) is 34.0 Å². The van der Waals surface area contributed by atoms with Gasteiger partial charge in [-0.05, 0) is 42.0 Å². The molecular weight excluding hydrogens is 444 g/mol. The van der Waals surface area contributed by atoms with Crippen LogP contribution >= 0.6 is 0 Å². The summed E-state index contributed by atoms with van der Waals surface area (Å²) >= 11 is 0. The molecule has 0 atom stereocenters. The van der Waals surface area contributed by atoms with Gasteiger partial charge in [0.15, 0.2) is 0 Å². The van der Waals surface area contributed by atoms with Crippen LogP contribution in [0.3, 0.4) is 0 Å². The number of benzene rings is 2. The van der Waals surface area contributed by atoms with Gasteiger partial charge in [0, 0.05) is 11.1 Å². The third-order valence-corrected chi connectivity index (χ3v) is 3.97. The van der Waals surface area contributed by atoms with E-state index < -0.39 is 36.6 Å². The molecule has 32 heavy (non-hydrogen) atoms. The minimum Gasteiger partial charge on any atom is -0.481 e. The molecule has 0 aliphatic rings. The molecular formula is C21H13F6NO4. The lowest BCUT2D eigenvalue weighted by atomic mass is 10.0. The maximum Gasteiger partial charge on any atom is 0.573 e. The minimum atomic E-state index is -4.92. The van der Waals surface area contributed by atoms with Crippen molar-refractivity contribution >= 4 is 5.97 Å². The van der Waals surface area contributed by atoms with Crippen molar-refractivity contribution in [2.75, 3.05) is 0 Å². The number of hydrogen-bond acceptors (Lipinski definition) is 4. The monoisotopic (exact) mass is 457 g/mol. The molecule has 0 aliphatic carbocycles. The molecule has 1 heterocycles. The van der Waals surface area contributed by atoms with Crippen molar-refractivity contribution in [3.05, 3.63) is 66.2 Å². The first kappa shape index (κ1) is 22.9. The predicted octanol–water partition coefficient (Wildman–Crippen LogP) is 5.84. The van der Waals surface area contributed by atoms with Crippen LogP contribution in [-0.4, -0.2) is 28.8 Å². The highest BCUT2D eigenvalue weighted by Crippen LogP contribution is 2.31. The van der Waals surface area contributed by atoms with Gasteiger partial charge in [0.05, 0.1) is 17.8 Å². The maximum absolute atomic E-state index is 12.5. The smallest absolute Gasteiger partial charge is 0.481 e. The van der Waals surface area contributed by atoms with Crippen LogP contribution in [0.1, 0.15) is 5.56 Å². The van der Waals surface area contributed by atoms with E-state index in [0.717, 1.165) is 24.3 Å². The Bertz CT molecular complexity index is 1050. The fourth-order valence-electron chi connectivity index (χ4n) is 2.86. The second-order valence-electron chi connectivity index (χ2n) is 6.47. The van der Waals surface area contributed by atoms with Crippen LogP contribution in [0.25, 0.3) is 22.5 Å². The van der Waals surface area contributed by atoms with E-state index in [-0.39, 0.29) is 28.1 Å². The van der Waals surface area contributed by atoms with Gasteiger partial charge in [0.25, 0.3) is 0 Å². The summed E-state index contributed by atoms with van der Waals surface area (Å²) in [5.41, 5.74) is 0.815. The Labute approximate surface area is 176 Å². The Morgan fingerprint density at radius 3 is 1.59 bits per heavy atom. The standard InChI is InChI=1S/C21H13F6NO4/c22-20(23,24)31-15-5-1-3-13(10-15)17-7-12(9-19(29)30)8-18(28-17)14-4-2-6-16(11-14)32-21(25,26)27/h1-8,10-11H,9H2,(H,29,30). The molecule has 5 nitrogen and oxygen atoms in total. The van der Waals surface area contributed by atoms with Crippen LogP contribution in [0.4, 0.5) is 26.3 Å². The third kappa shape index (κ3) is 6.62. The zero-order valence-electron chi connectivity index (χ0n) is 15.9. The van der Waals surface area contributed by atoms with E-state index in [4.69, 9.17) is 5.11 Å². The van der Waals surface area contributed by atoms with Gasteiger partial charge in [-0.15, -0.1) is 26.3 Å². The van der Waals surface area contributed by atoms with Gasteiger partial charge in [-0.25, -0.2) is 4.98 Å². The van der Waals surface area contributed by atoms with Gasteiger partial charge in [0.1, 0.15) is 11.5 Å². The number of alkyl halides is 6. The minimum absolute atomic E-state index is 0.105. The van der Waals surface area contributed by atoms with Crippen LogP contribution in [0.15, 0.2) is 60.7 Å². The van der Waals surface area contributed by atoms with Gasteiger partial charge in [-0.2, -0.15) is 0 Å². The number of aliphatic carboxylic acids is 1. The number of ether oxygens (including phenoxy) is 2. The van der Waals surface area contributed by atoms with Crippen LogP contribution in [-0.2, 0) is 11.2 Å². The first-order valence-corrected chi connectivity index (χ1v) is 8.83. The quantitative estimate of drug-likeness (QED) is 0.471. The summed E-state index contributed by atoms with van der Waals surface area (Å²) in [6.45, 7) is 0. The molecule has 0 bridgehead atoms. The largest absolute Gasteiger partial charge is 0.573 e. The number of hydrogen-bond donors (Lipinski definition) is 1. The SMILES string of the molecule is O=C(O)Cc1cc(-c2cccc(OC(F)(F)F)c2)nc(-c2cccc(OC(F)(F)F)c2)c1. The van der Waals surface area contributed by atoms with E-state index in [9.17, 15) is 31.1 Å². The highest BCUT2D eigenvalue weighted by molar-refractivity contribution is 5.74. The topological polar surface area (TPSA) is 68.7 Å². The molecule has 2 aromatic carbocycles. The lowest BCUT2D eigenvalue weighted by Crippen LogP contribution is -2.17. The number of pyridine rings is 1. The number of carboxylic acids is 1. The fraction of sp³-hybridized carbons (Fsp3) is 0.143. The van der Waals surface area contributed by atoms with Gasteiger partial charge in [0.2, 0.25) is 0 Å².